The molecule has 1 atom stereocenters. The minimum absolute atomic E-state index is 0.0283. The van der Waals surface area contributed by atoms with Crippen molar-refractivity contribution in [3.05, 3.63) is 54.1 Å². The third-order valence-electron chi connectivity index (χ3n) is 3.81. The second-order valence-electron chi connectivity index (χ2n) is 5.44. The first-order chi connectivity index (χ1) is 11.1. The summed E-state index contributed by atoms with van der Waals surface area (Å²) in [7, 11) is 1.61. The predicted octanol–water partition coefficient (Wildman–Crippen LogP) is 4.23. The van der Waals surface area contributed by atoms with Gasteiger partial charge in [0.1, 0.15) is 11.5 Å². The Morgan fingerprint density at radius 3 is 2.22 bits per heavy atom. The van der Waals surface area contributed by atoms with E-state index in [1.807, 2.05) is 24.3 Å². The Bertz CT molecular complexity index is 620. The third-order valence-corrected chi connectivity index (χ3v) is 3.81. The maximum atomic E-state index is 11.9. The second-order valence-corrected chi connectivity index (χ2v) is 5.44. The Kier molecular flexibility index (Phi) is 6.03. The van der Waals surface area contributed by atoms with Gasteiger partial charge in [0.15, 0.2) is 6.61 Å². The van der Waals surface area contributed by atoms with Crippen molar-refractivity contribution in [2.45, 2.75) is 26.2 Å². The average Bonchev–Trinajstić information content (AvgIpc) is 2.60. The summed E-state index contributed by atoms with van der Waals surface area (Å²) in [5, 5.41) is 2.83. The molecule has 0 aliphatic carbocycles. The van der Waals surface area contributed by atoms with Crippen LogP contribution in [0, 0.1) is 0 Å². The minimum atomic E-state index is -0.183. The highest BCUT2D eigenvalue weighted by Gasteiger charge is 2.06. The number of hydrogen-bond donors (Lipinski definition) is 1. The first-order valence-corrected chi connectivity index (χ1v) is 7.79. The number of rotatable bonds is 7. The Morgan fingerprint density at radius 2 is 1.65 bits per heavy atom. The van der Waals surface area contributed by atoms with Gasteiger partial charge >= 0.3 is 0 Å². The molecule has 1 amide bonds. The highest BCUT2D eigenvalue weighted by atomic mass is 16.5. The smallest absolute Gasteiger partial charge is 0.262 e. The third kappa shape index (κ3) is 5.02. The molecule has 1 N–H and O–H groups in total. The van der Waals surface area contributed by atoms with Gasteiger partial charge in [-0.3, -0.25) is 4.79 Å². The van der Waals surface area contributed by atoms with Crippen LogP contribution in [0.3, 0.4) is 0 Å². The molecule has 0 fully saturated rings. The molecule has 2 rings (SSSR count). The maximum absolute atomic E-state index is 11.9. The van der Waals surface area contributed by atoms with E-state index in [-0.39, 0.29) is 12.5 Å². The second kappa shape index (κ2) is 8.22. The average molecular weight is 313 g/mol. The summed E-state index contributed by atoms with van der Waals surface area (Å²) < 4.78 is 10.5. The van der Waals surface area contributed by atoms with E-state index >= 15 is 0 Å². The highest BCUT2D eigenvalue weighted by molar-refractivity contribution is 5.91. The molecular weight excluding hydrogens is 290 g/mol. The molecule has 2 aromatic carbocycles. The standard InChI is InChI=1S/C19H23NO3/c1-4-14(2)15-5-7-16(8-6-15)20-19(21)13-23-18-11-9-17(22-3)10-12-18/h5-12,14H,4,13H2,1-3H3,(H,20,21)/t14-/m0/s1. The summed E-state index contributed by atoms with van der Waals surface area (Å²) in [6.07, 6.45) is 1.10. The number of methoxy groups -OCH3 is 1. The fourth-order valence-corrected chi connectivity index (χ4v) is 2.15. The van der Waals surface area contributed by atoms with E-state index in [9.17, 15) is 4.79 Å². The molecule has 0 aliphatic heterocycles. The van der Waals surface area contributed by atoms with Crippen molar-refractivity contribution in [3.8, 4) is 11.5 Å². The van der Waals surface area contributed by atoms with Crippen molar-refractivity contribution in [2.24, 2.45) is 0 Å². The molecule has 122 valence electrons. The van der Waals surface area contributed by atoms with E-state index in [4.69, 9.17) is 9.47 Å². The van der Waals surface area contributed by atoms with E-state index in [1.54, 1.807) is 31.4 Å². The zero-order valence-electron chi connectivity index (χ0n) is 13.8. The van der Waals surface area contributed by atoms with Gasteiger partial charge in [0.2, 0.25) is 0 Å². The molecule has 0 saturated carbocycles. The number of benzene rings is 2. The fourth-order valence-electron chi connectivity index (χ4n) is 2.15. The topological polar surface area (TPSA) is 47.6 Å². The molecule has 0 saturated heterocycles. The van der Waals surface area contributed by atoms with Crippen LogP contribution in [0.1, 0.15) is 31.7 Å². The van der Waals surface area contributed by atoms with Gasteiger partial charge in [-0.25, -0.2) is 0 Å². The molecule has 0 aromatic heterocycles. The highest BCUT2D eigenvalue weighted by Crippen LogP contribution is 2.20. The summed E-state index contributed by atoms with van der Waals surface area (Å²) in [6, 6.07) is 15.1. The number of carbonyl (C=O) groups excluding carboxylic acids is 1. The van der Waals surface area contributed by atoms with Crippen LogP contribution in [0.15, 0.2) is 48.5 Å². The molecule has 23 heavy (non-hydrogen) atoms. The molecule has 0 aliphatic rings. The largest absolute Gasteiger partial charge is 0.497 e. The van der Waals surface area contributed by atoms with Gasteiger partial charge in [-0.05, 0) is 54.3 Å². The lowest BCUT2D eigenvalue weighted by Crippen LogP contribution is -2.20. The summed E-state index contributed by atoms with van der Waals surface area (Å²) in [4.78, 5) is 11.9. The van der Waals surface area contributed by atoms with Crippen molar-refractivity contribution in [2.75, 3.05) is 19.0 Å². The van der Waals surface area contributed by atoms with Crippen LogP contribution < -0.4 is 14.8 Å². The van der Waals surface area contributed by atoms with E-state index in [2.05, 4.69) is 19.2 Å². The molecule has 0 unspecified atom stereocenters. The summed E-state index contributed by atoms with van der Waals surface area (Å²) in [5.41, 5.74) is 2.06. The van der Waals surface area contributed by atoms with Crippen LogP contribution in [0.25, 0.3) is 0 Å². The zero-order chi connectivity index (χ0) is 16.7. The predicted molar refractivity (Wildman–Crippen MR) is 92.3 cm³/mol. The molecule has 0 spiro atoms. The quantitative estimate of drug-likeness (QED) is 0.832. The van der Waals surface area contributed by atoms with Crippen LogP contribution in [0.2, 0.25) is 0 Å². The fraction of sp³-hybridized carbons (Fsp3) is 0.316. The molecule has 4 heteroatoms. The summed E-state index contributed by atoms with van der Waals surface area (Å²) >= 11 is 0. The van der Waals surface area contributed by atoms with Crippen LogP contribution in [0.5, 0.6) is 11.5 Å². The van der Waals surface area contributed by atoms with Crippen molar-refractivity contribution in [1.29, 1.82) is 0 Å². The lowest BCUT2D eigenvalue weighted by atomic mass is 9.99. The summed E-state index contributed by atoms with van der Waals surface area (Å²) in [6.45, 7) is 4.33. The Labute approximate surface area is 137 Å². The molecule has 0 radical (unpaired) electrons. The van der Waals surface area contributed by atoms with E-state index in [1.165, 1.54) is 5.56 Å². The molecule has 4 nitrogen and oxygen atoms in total. The number of anilines is 1. The normalized spacial score (nSPS) is 11.6. The Morgan fingerprint density at radius 1 is 1.04 bits per heavy atom. The van der Waals surface area contributed by atoms with Crippen LogP contribution in [-0.4, -0.2) is 19.6 Å². The van der Waals surface area contributed by atoms with Crippen LogP contribution in [0.4, 0.5) is 5.69 Å². The number of carbonyl (C=O) groups is 1. The van der Waals surface area contributed by atoms with Crippen molar-refractivity contribution in [3.63, 3.8) is 0 Å². The van der Waals surface area contributed by atoms with Crippen molar-refractivity contribution >= 4 is 11.6 Å². The lowest BCUT2D eigenvalue weighted by molar-refractivity contribution is -0.118. The van der Waals surface area contributed by atoms with Gasteiger partial charge in [-0.2, -0.15) is 0 Å². The van der Waals surface area contributed by atoms with Gasteiger partial charge in [0.25, 0.3) is 5.91 Å². The van der Waals surface area contributed by atoms with Gasteiger partial charge in [-0.1, -0.05) is 26.0 Å². The van der Waals surface area contributed by atoms with E-state index < -0.39 is 0 Å². The Hall–Kier alpha value is -2.49. The van der Waals surface area contributed by atoms with Crippen molar-refractivity contribution < 1.29 is 14.3 Å². The molecular formula is C19H23NO3. The zero-order valence-corrected chi connectivity index (χ0v) is 13.8. The van der Waals surface area contributed by atoms with Gasteiger partial charge in [0.05, 0.1) is 7.11 Å². The number of hydrogen-bond acceptors (Lipinski definition) is 3. The minimum Gasteiger partial charge on any atom is -0.497 e. The SMILES string of the molecule is CC[C@H](C)c1ccc(NC(=O)COc2ccc(OC)cc2)cc1. The first-order valence-electron chi connectivity index (χ1n) is 7.79. The summed E-state index contributed by atoms with van der Waals surface area (Å²) in [5.74, 6) is 1.73. The van der Waals surface area contributed by atoms with Crippen LogP contribution in [-0.2, 0) is 4.79 Å². The van der Waals surface area contributed by atoms with Crippen LogP contribution >= 0.6 is 0 Å². The van der Waals surface area contributed by atoms with Gasteiger partial charge in [-0.15, -0.1) is 0 Å². The lowest BCUT2D eigenvalue weighted by Gasteiger charge is -2.11. The maximum Gasteiger partial charge on any atom is 0.262 e. The molecule has 2 aromatic rings. The molecule has 0 heterocycles. The van der Waals surface area contributed by atoms with Gasteiger partial charge < -0.3 is 14.8 Å². The molecule has 0 bridgehead atoms. The number of ether oxygens (including phenoxy) is 2. The van der Waals surface area contributed by atoms with Crippen molar-refractivity contribution in [1.82, 2.24) is 0 Å². The van der Waals surface area contributed by atoms with Gasteiger partial charge in [0, 0.05) is 5.69 Å². The number of nitrogens with one attached hydrogen (secondary N) is 1. The first kappa shape index (κ1) is 16.9. The number of amides is 1. The monoisotopic (exact) mass is 313 g/mol. The van der Waals surface area contributed by atoms with E-state index in [0.29, 0.717) is 11.7 Å². The van der Waals surface area contributed by atoms with E-state index in [0.717, 1.165) is 17.9 Å². The Balaban J connectivity index is 1.84.